The number of hydrogen-bond donors (Lipinski definition) is 1. The third-order valence-electron chi connectivity index (χ3n) is 3.37. The molecule has 0 atom stereocenters. The Morgan fingerprint density at radius 1 is 1.50 bits per heavy atom. The Hall–Kier alpha value is -0.920. The Labute approximate surface area is 123 Å². The second kappa shape index (κ2) is 5.83. The largest absolute Gasteiger partial charge is 0.477 e. The molecule has 1 fully saturated rings. The molecule has 1 aliphatic carbocycles. The molecule has 1 heterocycles. The van der Waals surface area contributed by atoms with Gasteiger partial charge in [0, 0.05) is 12.6 Å². The number of hydrogen-bond acceptors (Lipinski definition) is 4. The maximum atomic E-state index is 12.8. The van der Waals surface area contributed by atoms with Gasteiger partial charge in [-0.05, 0) is 37.1 Å². The maximum Gasteiger partial charge on any atom is 0.347 e. The lowest BCUT2D eigenvalue weighted by molar-refractivity contribution is 0.0698. The number of carboxylic acid groups (broad SMARTS) is 1. The molecule has 0 unspecified atom stereocenters. The van der Waals surface area contributed by atoms with E-state index in [1.165, 1.54) is 4.31 Å². The second-order valence-electron chi connectivity index (χ2n) is 5.08. The van der Waals surface area contributed by atoms with E-state index in [4.69, 9.17) is 0 Å². The van der Waals surface area contributed by atoms with Crippen LogP contribution in [0.4, 0.5) is 0 Å². The normalized spacial score (nSPS) is 15.8. The van der Waals surface area contributed by atoms with Crippen LogP contribution < -0.4 is 0 Å². The molecule has 1 saturated carbocycles. The number of rotatable bonds is 7. The number of aryl methyl sites for hydroxylation is 1. The summed E-state index contributed by atoms with van der Waals surface area (Å²) in [6.07, 6.45) is 3.44. The highest BCUT2D eigenvalue weighted by Gasteiger charge is 2.40. The van der Waals surface area contributed by atoms with Crippen LogP contribution in [-0.4, -0.2) is 36.4 Å². The van der Waals surface area contributed by atoms with Crippen LogP contribution in [0.5, 0.6) is 0 Å². The average molecular weight is 317 g/mol. The van der Waals surface area contributed by atoms with Crippen molar-refractivity contribution in [3.63, 3.8) is 0 Å². The first-order chi connectivity index (χ1) is 9.39. The lowest BCUT2D eigenvalue weighted by Crippen LogP contribution is -2.35. The zero-order valence-corrected chi connectivity index (χ0v) is 13.3. The molecule has 1 aromatic heterocycles. The van der Waals surface area contributed by atoms with Gasteiger partial charge in [0.15, 0.2) is 0 Å². The van der Waals surface area contributed by atoms with Gasteiger partial charge in [-0.2, -0.15) is 4.31 Å². The van der Waals surface area contributed by atoms with Gasteiger partial charge in [-0.15, -0.1) is 11.3 Å². The molecule has 2 rings (SSSR count). The van der Waals surface area contributed by atoms with Crippen molar-refractivity contribution in [3.8, 4) is 0 Å². The predicted octanol–water partition coefficient (Wildman–Crippen LogP) is 2.71. The van der Waals surface area contributed by atoms with Crippen molar-refractivity contribution in [3.05, 3.63) is 15.8 Å². The Morgan fingerprint density at radius 3 is 2.65 bits per heavy atom. The van der Waals surface area contributed by atoms with Crippen molar-refractivity contribution in [1.29, 1.82) is 0 Å². The Morgan fingerprint density at radius 2 is 2.15 bits per heavy atom. The lowest BCUT2D eigenvalue weighted by atomic mass is 10.3. The summed E-state index contributed by atoms with van der Waals surface area (Å²) in [6, 6.07) is 0.0486. The summed E-state index contributed by atoms with van der Waals surface area (Å²) in [7, 11) is -3.71. The van der Waals surface area contributed by atoms with Crippen LogP contribution in [0.1, 0.15) is 47.8 Å². The predicted molar refractivity (Wildman–Crippen MR) is 77.8 cm³/mol. The molecular weight excluding hydrogens is 298 g/mol. The Kier molecular flexibility index (Phi) is 4.51. The number of aromatic carboxylic acids is 1. The number of nitrogens with zero attached hydrogens (tertiary/aromatic N) is 1. The summed E-state index contributed by atoms with van der Waals surface area (Å²) < 4.78 is 27.1. The van der Waals surface area contributed by atoms with E-state index in [1.54, 1.807) is 12.3 Å². The summed E-state index contributed by atoms with van der Waals surface area (Å²) in [5.74, 6) is -1.17. The first-order valence-electron chi connectivity index (χ1n) is 6.72. The number of carboxylic acids is 1. The number of thiophene rings is 1. The van der Waals surface area contributed by atoms with Crippen LogP contribution in [0, 0.1) is 6.92 Å². The number of carbonyl (C=O) groups is 1. The van der Waals surface area contributed by atoms with E-state index in [-0.39, 0.29) is 15.8 Å². The summed E-state index contributed by atoms with van der Waals surface area (Å²) in [6.45, 7) is 4.13. The molecule has 7 heteroatoms. The van der Waals surface area contributed by atoms with Crippen molar-refractivity contribution < 1.29 is 18.3 Å². The quantitative estimate of drug-likeness (QED) is 0.839. The third kappa shape index (κ3) is 2.89. The van der Waals surface area contributed by atoms with Crippen LogP contribution in [0.25, 0.3) is 0 Å². The number of sulfonamides is 1. The van der Waals surface area contributed by atoms with Crippen LogP contribution in [-0.2, 0) is 10.0 Å². The van der Waals surface area contributed by atoms with Crippen LogP contribution in [0.15, 0.2) is 10.3 Å². The van der Waals surface area contributed by atoms with E-state index >= 15 is 0 Å². The minimum Gasteiger partial charge on any atom is -0.477 e. The molecule has 112 valence electrons. The molecule has 0 spiro atoms. The highest BCUT2D eigenvalue weighted by atomic mass is 32.2. The molecule has 0 radical (unpaired) electrons. The van der Waals surface area contributed by atoms with Gasteiger partial charge in [0.2, 0.25) is 10.0 Å². The zero-order valence-electron chi connectivity index (χ0n) is 11.6. The van der Waals surface area contributed by atoms with Crippen molar-refractivity contribution >= 4 is 27.3 Å². The molecule has 1 aromatic rings. The monoisotopic (exact) mass is 317 g/mol. The van der Waals surface area contributed by atoms with Crippen molar-refractivity contribution in [2.45, 2.75) is 50.5 Å². The van der Waals surface area contributed by atoms with Gasteiger partial charge in [0.05, 0.1) is 0 Å². The molecule has 0 aromatic carbocycles. The van der Waals surface area contributed by atoms with E-state index in [0.717, 1.165) is 37.0 Å². The summed E-state index contributed by atoms with van der Waals surface area (Å²) in [5.41, 5.74) is 0.523. The lowest BCUT2D eigenvalue weighted by Gasteiger charge is -2.22. The summed E-state index contributed by atoms with van der Waals surface area (Å²) in [5, 5.41) is 10.8. The molecule has 20 heavy (non-hydrogen) atoms. The summed E-state index contributed by atoms with van der Waals surface area (Å²) in [4.78, 5) is 11.1. The van der Waals surface area contributed by atoms with Crippen molar-refractivity contribution in [2.24, 2.45) is 0 Å². The topological polar surface area (TPSA) is 74.7 Å². The minimum absolute atomic E-state index is 0.0157. The van der Waals surface area contributed by atoms with Gasteiger partial charge in [-0.1, -0.05) is 13.3 Å². The van der Waals surface area contributed by atoms with E-state index in [9.17, 15) is 18.3 Å². The van der Waals surface area contributed by atoms with E-state index < -0.39 is 16.0 Å². The van der Waals surface area contributed by atoms with Gasteiger partial charge >= 0.3 is 5.97 Å². The molecule has 1 aliphatic rings. The first-order valence-corrected chi connectivity index (χ1v) is 9.04. The third-order valence-corrected chi connectivity index (χ3v) is 6.72. The SMILES string of the molecule is CCCCN(C1CC1)S(=O)(=O)c1c(C)csc1C(=O)O. The number of unbranched alkanes of at least 4 members (excludes halogenated alkanes) is 1. The van der Waals surface area contributed by atoms with Crippen LogP contribution in [0.2, 0.25) is 0 Å². The van der Waals surface area contributed by atoms with E-state index in [2.05, 4.69) is 0 Å². The maximum absolute atomic E-state index is 12.8. The van der Waals surface area contributed by atoms with Gasteiger partial charge in [0.25, 0.3) is 0 Å². The minimum atomic E-state index is -3.71. The molecule has 0 aliphatic heterocycles. The van der Waals surface area contributed by atoms with Gasteiger partial charge in [-0.25, -0.2) is 13.2 Å². The van der Waals surface area contributed by atoms with Gasteiger partial charge in [-0.3, -0.25) is 0 Å². The Balaban J connectivity index is 2.42. The standard InChI is InChI=1S/C13H19NO4S2/c1-3-4-7-14(10-5-6-10)20(17,18)12-9(2)8-19-11(12)13(15)16/h8,10H,3-7H2,1-2H3,(H,15,16). The highest BCUT2D eigenvalue weighted by molar-refractivity contribution is 7.89. The van der Waals surface area contributed by atoms with Crippen LogP contribution in [0.3, 0.4) is 0 Å². The average Bonchev–Trinajstić information content (AvgIpc) is 3.10. The molecule has 0 amide bonds. The zero-order chi connectivity index (χ0) is 14.9. The highest BCUT2D eigenvalue weighted by Crippen LogP contribution is 2.36. The van der Waals surface area contributed by atoms with Gasteiger partial charge < -0.3 is 5.11 Å². The van der Waals surface area contributed by atoms with E-state index in [1.807, 2.05) is 6.92 Å². The Bertz CT molecular complexity index is 602. The molecule has 0 saturated heterocycles. The van der Waals surface area contributed by atoms with Crippen LogP contribution >= 0.6 is 11.3 Å². The van der Waals surface area contributed by atoms with Crippen molar-refractivity contribution in [1.82, 2.24) is 4.31 Å². The fraction of sp³-hybridized carbons (Fsp3) is 0.615. The van der Waals surface area contributed by atoms with E-state index in [0.29, 0.717) is 12.1 Å². The fourth-order valence-corrected chi connectivity index (χ4v) is 5.51. The summed E-state index contributed by atoms with van der Waals surface area (Å²) >= 11 is 0.979. The molecule has 0 bridgehead atoms. The van der Waals surface area contributed by atoms with Gasteiger partial charge in [0.1, 0.15) is 9.77 Å². The smallest absolute Gasteiger partial charge is 0.347 e. The molecule has 5 nitrogen and oxygen atoms in total. The molecular formula is C13H19NO4S2. The second-order valence-corrected chi connectivity index (χ2v) is 7.79. The first kappa shape index (κ1) is 15.5. The fourth-order valence-electron chi connectivity index (χ4n) is 2.19. The van der Waals surface area contributed by atoms with Crippen molar-refractivity contribution in [2.75, 3.05) is 6.54 Å². The molecule has 1 N–H and O–H groups in total.